The number of aromatic amines is 1. The van der Waals surface area contributed by atoms with Gasteiger partial charge in [-0.2, -0.15) is 0 Å². The van der Waals surface area contributed by atoms with E-state index in [0.717, 1.165) is 0 Å². The van der Waals surface area contributed by atoms with Gasteiger partial charge < -0.3 is 9.72 Å². The van der Waals surface area contributed by atoms with Crippen molar-refractivity contribution < 1.29 is 9.13 Å². The van der Waals surface area contributed by atoms with E-state index in [0.29, 0.717) is 26.7 Å². The predicted molar refractivity (Wildman–Crippen MR) is 70.5 cm³/mol. The average Bonchev–Trinajstić information content (AvgIpc) is 2.28. The summed E-state index contributed by atoms with van der Waals surface area (Å²) in [6, 6.07) is 6.06. The molecule has 0 amide bonds. The summed E-state index contributed by atoms with van der Waals surface area (Å²) in [6.07, 6.45) is 0. The second-order valence-electron chi connectivity index (χ2n) is 3.64. The lowest BCUT2D eigenvalue weighted by Crippen LogP contribution is -1.99. The molecule has 2 rings (SSSR count). The Morgan fingerprint density at radius 3 is 2.89 bits per heavy atom. The van der Waals surface area contributed by atoms with Crippen LogP contribution in [-0.4, -0.2) is 17.1 Å². The van der Waals surface area contributed by atoms with Crippen molar-refractivity contribution in [2.75, 3.05) is 7.11 Å². The fraction of sp³-hybridized carbons (Fsp3) is 0.167. The Morgan fingerprint density at radius 1 is 1.44 bits per heavy atom. The highest BCUT2D eigenvalue weighted by atomic mass is 35.5. The molecule has 0 saturated heterocycles. The largest absolute Gasteiger partial charge is 0.377 e. The van der Waals surface area contributed by atoms with E-state index in [-0.39, 0.29) is 6.61 Å². The van der Waals surface area contributed by atoms with Crippen LogP contribution in [0.4, 0.5) is 4.39 Å². The van der Waals surface area contributed by atoms with Crippen molar-refractivity contribution in [2.24, 2.45) is 0 Å². The molecule has 0 aliphatic rings. The zero-order valence-electron chi connectivity index (χ0n) is 9.54. The number of halogens is 2. The molecule has 0 atom stereocenters. The number of nitrogens with zero attached hydrogens (tertiary/aromatic N) is 1. The Hall–Kier alpha value is -1.30. The van der Waals surface area contributed by atoms with Gasteiger partial charge in [-0.25, -0.2) is 9.37 Å². The lowest BCUT2D eigenvalue weighted by molar-refractivity contribution is 0.177. The van der Waals surface area contributed by atoms with Gasteiger partial charge in [-0.1, -0.05) is 23.8 Å². The molecule has 0 spiro atoms. The number of nitrogens with one attached hydrogen (secondary N) is 1. The van der Waals surface area contributed by atoms with Crippen LogP contribution in [0.25, 0.3) is 11.3 Å². The van der Waals surface area contributed by atoms with Crippen LogP contribution in [0.2, 0.25) is 5.02 Å². The van der Waals surface area contributed by atoms with Crippen molar-refractivity contribution in [3.63, 3.8) is 0 Å². The van der Waals surface area contributed by atoms with Crippen molar-refractivity contribution in [1.82, 2.24) is 9.97 Å². The molecule has 1 aromatic heterocycles. The summed E-state index contributed by atoms with van der Waals surface area (Å²) in [5.41, 5.74) is 0.946. The summed E-state index contributed by atoms with van der Waals surface area (Å²) < 4.78 is 19.1. The van der Waals surface area contributed by atoms with Gasteiger partial charge in [0.25, 0.3) is 0 Å². The van der Waals surface area contributed by atoms with E-state index in [2.05, 4.69) is 9.97 Å². The van der Waals surface area contributed by atoms with E-state index in [1.807, 2.05) is 0 Å². The van der Waals surface area contributed by atoms with Crippen LogP contribution < -0.4 is 0 Å². The van der Waals surface area contributed by atoms with Crippen LogP contribution in [-0.2, 0) is 11.3 Å². The molecule has 0 unspecified atom stereocenters. The Bertz CT molecular complexity index is 630. The van der Waals surface area contributed by atoms with Crippen molar-refractivity contribution in [3.8, 4) is 11.3 Å². The molecule has 0 bridgehead atoms. The number of rotatable bonds is 3. The molecule has 18 heavy (non-hydrogen) atoms. The fourth-order valence-corrected chi connectivity index (χ4v) is 1.95. The van der Waals surface area contributed by atoms with E-state index >= 15 is 0 Å². The number of aromatic nitrogens is 2. The van der Waals surface area contributed by atoms with Crippen LogP contribution in [0.3, 0.4) is 0 Å². The normalized spacial score (nSPS) is 10.6. The van der Waals surface area contributed by atoms with Crippen molar-refractivity contribution in [1.29, 1.82) is 0 Å². The first kappa shape index (κ1) is 13.1. The SMILES string of the molecule is COCc1nc(=S)cc(-c2ccc(Cl)cc2F)[nH]1. The highest BCUT2D eigenvalue weighted by Crippen LogP contribution is 2.23. The van der Waals surface area contributed by atoms with Gasteiger partial charge in [0.05, 0.1) is 5.69 Å². The zero-order valence-corrected chi connectivity index (χ0v) is 11.1. The maximum absolute atomic E-state index is 13.8. The standard InChI is InChI=1S/C12H10ClFN2OS/c1-17-6-11-15-10(5-12(18)16-11)8-3-2-7(13)4-9(8)14/h2-5H,6H2,1H3,(H,15,16,18). The first-order valence-electron chi connectivity index (χ1n) is 5.15. The maximum Gasteiger partial charge on any atom is 0.134 e. The molecule has 1 heterocycles. The van der Waals surface area contributed by atoms with Gasteiger partial charge in [-0.05, 0) is 24.3 Å². The molecular formula is C12H10ClFN2OS. The molecule has 1 N–H and O–H groups in total. The topological polar surface area (TPSA) is 37.9 Å². The molecule has 0 saturated carbocycles. The number of ether oxygens (including phenoxy) is 1. The number of benzene rings is 1. The summed E-state index contributed by atoms with van der Waals surface area (Å²) in [5, 5.41) is 0.348. The molecule has 0 aliphatic heterocycles. The van der Waals surface area contributed by atoms with Gasteiger partial charge in [0.2, 0.25) is 0 Å². The summed E-state index contributed by atoms with van der Waals surface area (Å²) in [5.74, 6) is 0.136. The van der Waals surface area contributed by atoms with Crippen LogP contribution in [0, 0.1) is 10.5 Å². The molecular weight excluding hydrogens is 275 g/mol. The van der Waals surface area contributed by atoms with Crippen molar-refractivity contribution in [2.45, 2.75) is 6.61 Å². The summed E-state index contributed by atoms with van der Waals surface area (Å²) in [4.78, 5) is 7.06. The van der Waals surface area contributed by atoms with E-state index in [9.17, 15) is 4.39 Å². The molecule has 94 valence electrons. The van der Waals surface area contributed by atoms with E-state index in [1.165, 1.54) is 6.07 Å². The smallest absolute Gasteiger partial charge is 0.134 e. The average molecular weight is 285 g/mol. The molecule has 3 nitrogen and oxygen atoms in total. The van der Waals surface area contributed by atoms with Crippen molar-refractivity contribution >= 4 is 23.8 Å². The maximum atomic E-state index is 13.8. The molecule has 0 fully saturated rings. The van der Waals surface area contributed by atoms with Gasteiger partial charge in [0.15, 0.2) is 0 Å². The minimum atomic E-state index is -0.414. The third-order valence-electron chi connectivity index (χ3n) is 2.29. The third kappa shape index (κ3) is 2.93. The summed E-state index contributed by atoms with van der Waals surface area (Å²) in [6.45, 7) is 0.284. The number of methoxy groups -OCH3 is 1. The van der Waals surface area contributed by atoms with Crippen molar-refractivity contribution in [3.05, 3.63) is 45.6 Å². The summed E-state index contributed by atoms with van der Waals surface area (Å²) >= 11 is 10.7. The van der Waals surface area contributed by atoms with E-state index in [4.69, 9.17) is 28.6 Å². The summed E-state index contributed by atoms with van der Waals surface area (Å²) in [7, 11) is 1.55. The first-order chi connectivity index (χ1) is 8.60. The first-order valence-corrected chi connectivity index (χ1v) is 5.93. The predicted octanol–water partition coefficient (Wildman–Crippen LogP) is 3.75. The van der Waals surface area contributed by atoms with Gasteiger partial charge in [-0.3, -0.25) is 0 Å². The van der Waals surface area contributed by atoms with Gasteiger partial charge in [0, 0.05) is 17.7 Å². The van der Waals surface area contributed by atoms with Gasteiger partial charge in [0.1, 0.15) is 22.9 Å². The molecule has 0 radical (unpaired) electrons. The minimum absolute atomic E-state index is 0.284. The van der Waals surface area contributed by atoms with E-state index < -0.39 is 5.82 Å². The lowest BCUT2D eigenvalue weighted by atomic mass is 10.1. The molecule has 1 aromatic carbocycles. The Labute approximate surface area is 114 Å². The van der Waals surface area contributed by atoms with Crippen LogP contribution in [0.1, 0.15) is 5.82 Å². The second-order valence-corrected chi connectivity index (χ2v) is 4.49. The third-order valence-corrected chi connectivity index (χ3v) is 2.74. The van der Waals surface area contributed by atoms with Crippen LogP contribution in [0.5, 0.6) is 0 Å². The monoisotopic (exact) mass is 284 g/mol. The van der Waals surface area contributed by atoms with E-state index in [1.54, 1.807) is 25.3 Å². The van der Waals surface area contributed by atoms with Crippen LogP contribution >= 0.6 is 23.8 Å². The van der Waals surface area contributed by atoms with Gasteiger partial charge in [-0.15, -0.1) is 0 Å². The zero-order chi connectivity index (χ0) is 13.1. The highest BCUT2D eigenvalue weighted by molar-refractivity contribution is 7.71. The van der Waals surface area contributed by atoms with Crippen LogP contribution in [0.15, 0.2) is 24.3 Å². The lowest BCUT2D eigenvalue weighted by Gasteiger charge is -2.07. The molecule has 2 aromatic rings. The molecule has 0 aliphatic carbocycles. The Morgan fingerprint density at radius 2 is 2.22 bits per heavy atom. The minimum Gasteiger partial charge on any atom is -0.377 e. The number of hydrogen-bond acceptors (Lipinski definition) is 3. The Balaban J connectivity index is 2.53. The highest BCUT2D eigenvalue weighted by Gasteiger charge is 2.08. The quantitative estimate of drug-likeness (QED) is 0.873. The Kier molecular flexibility index (Phi) is 4.06. The number of H-pyrrole nitrogens is 1. The van der Waals surface area contributed by atoms with Gasteiger partial charge >= 0.3 is 0 Å². The molecule has 6 heteroatoms. The second kappa shape index (κ2) is 5.56. The number of hydrogen-bond donors (Lipinski definition) is 1. The fourth-order valence-electron chi connectivity index (χ4n) is 1.57.